The maximum Gasteiger partial charge on any atom is 0.252 e. The van der Waals surface area contributed by atoms with E-state index in [0.29, 0.717) is 11.3 Å². The second-order valence-corrected chi connectivity index (χ2v) is 3.88. The molecule has 0 radical (unpaired) electrons. The number of nitrogens with one attached hydrogen (secondary N) is 2. The topological polar surface area (TPSA) is 84.2 Å². The highest BCUT2D eigenvalue weighted by molar-refractivity contribution is 5.99. The van der Waals surface area contributed by atoms with E-state index < -0.39 is 6.04 Å². The van der Waals surface area contributed by atoms with Crippen molar-refractivity contribution in [1.82, 2.24) is 10.6 Å². The smallest absolute Gasteiger partial charge is 0.252 e. The summed E-state index contributed by atoms with van der Waals surface area (Å²) < 4.78 is 0. The van der Waals surface area contributed by atoms with Gasteiger partial charge in [-0.25, -0.2) is 0 Å². The Balaban J connectivity index is 2.83. The van der Waals surface area contributed by atoms with Gasteiger partial charge < -0.3 is 16.4 Å². The molecule has 0 aliphatic heterocycles. The first kappa shape index (κ1) is 13.0. The summed E-state index contributed by atoms with van der Waals surface area (Å²) in [6.07, 6.45) is 0. The van der Waals surface area contributed by atoms with E-state index in [-0.39, 0.29) is 11.8 Å². The van der Waals surface area contributed by atoms with Crippen LogP contribution < -0.4 is 16.4 Å². The summed E-state index contributed by atoms with van der Waals surface area (Å²) in [6, 6.07) is 4.53. The molecular weight excluding hydrogens is 218 g/mol. The molecule has 0 heterocycles. The van der Waals surface area contributed by atoms with E-state index in [0.717, 1.165) is 5.56 Å². The number of hydrogen-bond donors (Lipinski definition) is 3. The molecule has 0 saturated heterocycles. The predicted molar refractivity (Wildman–Crippen MR) is 66.6 cm³/mol. The molecule has 92 valence electrons. The lowest BCUT2D eigenvalue weighted by molar-refractivity contribution is -0.122. The van der Waals surface area contributed by atoms with Crippen molar-refractivity contribution in [2.75, 3.05) is 12.8 Å². The number of aryl methyl sites for hydroxylation is 1. The SMILES string of the molecule is CNC(=O)C(C)NC(=O)c1cc(N)ccc1C. The molecule has 1 atom stereocenters. The van der Waals surface area contributed by atoms with E-state index in [1.54, 1.807) is 25.1 Å². The molecule has 4 N–H and O–H groups in total. The average molecular weight is 235 g/mol. The highest BCUT2D eigenvalue weighted by Gasteiger charge is 2.16. The molecule has 0 bridgehead atoms. The Kier molecular flexibility index (Phi) is 4.09. The number of anilines is 1. The van der Waals surface area contributed by atoms with Gasteiger partial charge in [-0.2, -0.15) is 0 Å². The number of rotatable bonds is 3. The van der Waals surface area contributed by atoms with Gasteiger partial charge >= 0.3 is 0 Å². The molecular formula is C12H17N3O2. The Bertz CT molecular complexity index is 443. The van der Waals surface area contributed by atoms with Crippen molar-refractivity contribution in [2.45, 2.75) is 19.9 Å². The molecule has 1 rings (SSSR count). The number of amides is 2. The van der Waals surface area contributed by atoms with Crippen LogP contribution in [0.5, 0.6) is 0 Å². The zero-order valence-electron chi connectivity index (χ0n) is 10.2. The largest absolute Gasteiger partial charge is 0.399 e. The zero-order valence-corrected chi connectivity index (χ0v) is 10.2. The highest BCUT2D eigenvalue weighted by atomic mass is 16.2. The van der Waals surface area contributed by atoms with Crippen LogP contribution in [0.3, 0.4) is 0 Å². The van der Waals surface area contributed by atoms with Crippen LogP contribution in [0.25, 0.3) is 0 Å². The van der Waals surface area contributed by atoms with Crippen LogP contribution in [0.15, 0.2) is 18.2 Å². The van der Waals surface area contributed by atoms with Crippen molar-refractivity contribution >= 4 is 17.5 Å². The van der Waals surface area contributed by atoms with Crippen LogP contribution in [0.1, 0.15) is 22.8 Å². The summed E-state index contributed by atoms with van der Waals surface area (Å²) >= 11 is 0. The van der Waals surface area contributed by atoms with Crippen molar-refractivity contribution in [3.05, 3.63) is 29.3 Å². The van der Waals surface area contributed by atoms with Gasteiger partial charge in [-0.15, -0.1) is 0 Å². The summed E-state index contributed by atoms with van der Waals surface area (Å²) in [7, 11) is 1.52. The average Bonchev–Trinajstić information content (AvgIpc) is 2.30. The van der Waals surface area contributed by atoms with Crippen molar-refractivity contribution in [3.63, 3.8) is 0 Å². The van der Waals surface area contributed by atoms with Crippen LogP contribution in [-0.4, -0.2) is 24.9 Å². The summed E-state index contributed by atoms with van der Waals surface area (Å²) in [6.45, 7) is 3.44. The summed E-state index contributed by atoms with van der Waals surface area (Å²) in [4.78, 5) is 23.2. The third-order valence-electron chi connectivity index (χ3n) is 2.49. The molecule has 1 aromatic carbocycles. The monoisotopic (exact) mass is 235 g/mol. The van der Waals surface area contributed by atoms with Crippen LogP contribution in [0, 0.1) is 6.92 Å². The zero-order chi connectivity index (χ0) is 13.0. The second kappa shape index (κ2) is 5.34. The van der Waals surface area contributed by atoms with Gasteiger partial charge in [0.1, 0.15) is 6.04 Å². The van der Waals surface area contributed by atoms with Crippen molar-refractivity contribution in [1.29, 1.82) is 0 Å². The summed E-state index contributed by atoms with van der Waals surface area (Å²) in [5.41, 5.74) is 7.45. The Morgan fingerprint density at radius 2 is 2.00 bits per heavy atom. The molecule has 0 saturated carbocycles. The third kappa shape index (κ3) is 3.21. The minimum atomic E-state index is -0.576. The van der Waals surface area contributed by atoms with E-state index >= 15 is 0 Å². The van der Waals surface area contributed by atoms with Gasteiger partial charge in [-0.3, -0.25) is 9.59 Å². The number of likely N-dealkylation sites (N-methyl/N-ethyl adjacent to an activating group) is 1. The van der Waals surface area contributed by atoms with Crippen LogP contribution in [-0.2, 0) is 4.79 Å². The van der Waals surface area contributed by atoms with Crippen LogP contribution in [0.2, 0.25) is 0 Å². The lowest BCUT2D eigenvalue weighted by atomic mass is 10.1. The number of benzene rings is 1. The van der Waals surface area contributed by atoms with Crippen LogP contribution in [0.4, 0.5) is 5.69 Å². The number of nitrogen functional groups attached to an aromatic ring is 1. The predicted octanol–water partition coefficient (Wildman–Crippen LogP) is 0.442. The number of carbonyl (C=O) groups is 2. The van der Waals surface area contributed by atoms with Gasteiger partial charge in [0.15, 0.2) is 0 Å². The molecule has 5 nitrogen and oxygen atoms in total. The first-order valence-electron chi connectivity index (χ1n) is 5.34. The molecule has 2 amide bonds. The van der Waals surface area contributed by atoms with Gasteiger partial charge in [0.2, 0.25) is 5.91 Å². The first-order valence-corrected chi connectivity index (χ1v) is 5.34. The molecule has 1 unspecified atom stereocenters. The van der Waals surface area contributed by atoms with Gasteiger partial charge in [-0.1, -0.05) is 6.07 Å². The Hall–Kier alpha value is -2.04. The molecule has 0 aliphatic carbocycles. The second-order valence-electron chi connectivity index (χ2n) is 3.88. The van der Waals surface area contributed by atoms with Gasteiger partial charge in [-0.05, 0) is 31.5 Å². The fourth-order valence-electron chi connectivity index (χ4n) is 1.44. The lowest BCUT2D eigenvalue weighted by Gasteiger charge is -2.13. The van der Waals surface area contributed by atoms with Gasteiger partial charge in [0.05, 0.1) is 0 Å². The minimum Gasteiger partial charge on any atom is -0.399 e. The fraction of sp³-hybridized carbons (Fsp3) is 0.333. The minimum absolute atomic E-state index is 0.236. The normalized spacial score (nSPS) is 11.7. The van der Waals surface area contributed by atoms with Crippen molar-refractivity contribution in [2.24, 2.45) is 0 Å². The molecule has 5 heteroatoms. The molecule has 0 aromatic heterocycles. The Morgan fingerprint density at radius 1 is 1.35 bits per heavy atom. The van der Waals surface area contributed by atoms with Crippen molar-refractivity contribution in [3.8, 4) is 0 Å². The van der Waals surface area contributed by atoms with Gasteiger partial charge in [0, 0.05) is 18.3 Å². The van der Waals surface area contributed by atoms with Crippen molar-refractivity contribution < 1.29 is 9.59 Å². The van der Waals surface area contributed by atoms with Crippen LogP contribution >= 0.6 is 0 Å². The lowest BCUT2D eigenvalue weighted by Crippen LogP contribution is -2.43. The Labute approximate surface area is 100 Å². The van der Waals surface area contributed by atoms with E-state index in [4.69, 9.17) is 5.73 Å². The summed E-state index contributed by atoms with van der Waals surface area (Å²) in [5, 5.41) is 5.08. The molecule has 0 spiro atoms. The number of hydrogen-bond acceptors (Lipinski definition) is 3. The molecule has 0 fully saturated rings. The van der Waals surface area contributed by atoms with E-state index in [1.165, 1.54) is 7.05 Å². The number of carbonyl (C=O) groups excluding carboxylic acids is 2. The third-order valence-corrected chi connectivity index (χ3v) is 2.49. The number of nitrogens with two attached hydrogens (primary N) is 1. The quantitative estimate of drug-likeness (QED) is 0.665. The molecule has 17 heavy (non-hydrogen) atoms. The molecule has 1 aromatic rings. The van der Waals surface area contributed by atoms with E-state index in [2.05, 4.69) is 10.6 Å². The van der Waals surface area contributed by atoms with E-state index in [1.807, 2.05) is 6.92 Å². The van der Waals surface area contributed by atoms with E-state index in [9.17, 15) is 9.59 Å². The molecule has 0 aliphatic rings. The summed E-state index contributed by atoms with van der Waals surface area (Å²) in [5.74, 6) is -0.536. The fourth-order valence-corrected chi connectivity index (χ4v) is 1.44. The standard InChI is InChI=1S/C12H17N3O2/c1-7-4-5-9(13)6-10(7)12(17)15-8(2)11(16)14-3/h4-6,8H,13H2,1-3H3,(H,14,16)(H,15,17). The Morgan fingerprint density at radius 3 is 2.59 bits per heavy atom. The van der Waals surface area contributed by atoms with Gasteiger partial charge in [0.25, 0.3) is 5.91 Å². The highest BCUT2D eigenvalue weighted by Crippen LogP contribution is 2.12. The first-order chi connectivity index (χ1) is 7.95. The maximum atomic E-state index is 11.9. The maximum absolute atomic E-state index is 11.9.